The van der Waals surface area contributed by atoms with E-state index in [1.54, 1.807) is 0 Å². The fourth-order valence-electron chi connectivity index (χ4n) is 1.89. The number of hydrogen-bond donors (Lipinski definition) is 2. The Hall–Kier alpha value is -1.54. The first-order valence-corrected chi connectivity index (χ1v) is 6.30. The van der Waals surface area contributed by atoms with E-state index in [1.807, 2.05) is 0 Å². The van der Waals surface area contributed by atoms with E-state index in [0.717, 1.165) is 24.6 Å². The quantitative estimate of drug-likeness (QED) is 0.808. The molecule has 7 nitrogen and oxygen atoms in total. The molecule has 0 spiro atoms. The molecule has 0 radical (unpaired) electrons. The number of ether oxygens (including phenoxy) is 1. The third-order valence-electron chi connectivity index (χ3n) is 2.81. The summed E-state index contributed by atoms with van der Waals surface area (Å²) in [5.74, 6) is -1.77. The van der Waals surface area contributed by atoms with Gasteiger partial charge in [-0.05, 0) is 12.8 Å². The normalized spacial score (nSPS) is 21.2. The van der Waals surface area contributed by atoms with E-state index in [9.17, 15) is 9.59 Å². The van der Waals surface area contributed by atoms with Crippen molar-refractivity contribution in [3.63, 3.8) is 0 Å². The molecule has 1 aliphatic rings. The Morgan fingerprint density at radius 3 is 3.00 bits per heavy atom. The lowest BCUT2D eigenvalue weighted by Gasteiger charge is -2.27. The summed E-state index contributed by atoms with van der Waals surface area (Å²) in [6, 6.07) is -0.945. The summed E-state index contributed by atoms with van der Waals surface area (Å²) in [5, 5.41) is 11.6. The molecule has 0 saturated carbocycles. The van der Waals surface area contributed by atoms with Gasteiger partial charge >= 0.3 is 5.97 Å². The number of aromatic nitrogens is 2. The van der Waals surface area contributed by atoms with Gasteiger partial charge in [0.15, 0.2) is 5.69 Å². The maximum absolute atomic E-state index is 11.8. The number of hydrogen-bond acceptors (Lipinski definition) is 6. The number of carbonyl (C=O) groups excluding carboxylic acids is 1. The van der Waals surface area contributed by atoms with Crippen molar-refractivity contribution in [2.24, 2.45) is 5.92 Å². The zero-order valence-electron chi connectivity index (χ0n) is 9.54. The minimum Gasteiger partial charge on any atom is -0.480 e. The number of aliphatic carboxylic acids is 1. The number of amides is 1. The van der Waals surface area contributed by atoms with Gasteiger partial charge in [-0.15, -0.1) is 0 Å². The van der Waals surface area contributed by atoms with Crippen LogP contribution in [0.15, 0.2) is 6.20 Å². The second kappa shape index (κ2) is 5.87. The van der Waals surface area contributed by atoms with Crippen molar-refractivity contribution in [1.82, 2.24) is 14.1 Å². The number of rotatable bonds is 4. The summed E-state index contributed by atoms with van der Waals surface area (Å²) in [4.78, 5) is 23.0. The van der Waals surface area contributed by atoms with E-state index < -0.39 is 17.9 Å². The van der Waals surface area contributed by atoms with E-state index in [0.29, 0.717) is 13.2 Å². The van der Waals surface area contributed by atoms with Gasteiger partial charge in [-0.2, -0.15) is 8.75 Å². The van der Waals surface area contributed by atoms with E-state index >= 15 is 0 Å². The Balaban J connectivity index is 2.02. The highest BCUT2D eigenvalue weighted by molar-refractivity contribution is 6.99. The van der Waals surface area contributed by atoms with Gasteiger partial charge in [-0.25, -0.2) is 4.79 Å². The predicted molar refractivity (Wildman–Crippen MR) is 62.3 cm³/mol. The molecule has 0 aromatic carbocycles. The molecule has 0 aliphatic carbocycles. The van der Waals surface area contributed by atoms with Crippen molar-refractivity contribution in [1.29, 1.82) is 0 Å². The summed E-state index contributed by atoms with van der Waals surface area (Å²) in [5.41, 5.74) is 0.142. The molecular formula is C10H13N3O4S. The van der Waals surface area contributed by atoms with Crippen LogP contribution in [0.3, 0.4) is 0 Å². The van der Waals surface area contributed by atoms with Crippen LogP contribution in [0.2, 0.25) is 0 Å². The standard InChI is InChI=1S/C10H13N3O4S/c14-9(7-4-11-18-13-7)12-8(10(15)16)6-2-1-3-17-5-6/h4,6,8H,1-3,5H2,(H,12,14)(H,15,16). The Morgan fingerprint density at radius 1 is 1.61 bits per heavy atom. The summed E-state index contributed by atoms with van der Waals surface area (Å²) < 4.78 is 12.7. The second-order valence-electron chi connectivity index (χ2n) is 4.06. The van der Waals surface area contributed by atoms with Crippen LogP contribution in [-0.4, -0.2) is 45.0 Å². The van der Waals surface area contributed by atoms with Crippen molar-refractivity contribution in [2.45, 2.75) is 18.9 Å². The summed E-state index contributed by atoms with van der Waals surface area (Å²) in [7, 11) is 0. The zero-order chi connectivity index (χ0) is 13.0. The largest absolute Gasteiger partial charge is 0.480 e. The van der Waals surface area contributed by atoms with Crippen LogP contribution in [0.5, 0.6) is 0 Å². The molecule has 2 N–H and O–H groups in total. The van der Waals surface area contributed by atoms with Crippen molar-refractivity contribution >= 4 is 23.6 Å². The highest BCUT2D eigenvalue weighted by Crippen LogP contribution is 2.18. The third-order valence-corrected chi connectivity index (χ3v) is 3.29. The number of nitrogens with zero attached hydrogens (tertiary/aromatic N) is 2. The summed E-state index contributed by atoms with van der Waals surface area (Å²) in [6.45, 7) is 0.999. The van der Waals surface area contributed by atoms with Gasteiger partial charge in [0.25, 0.3) is 5.91 Å². The maximum atomic E-state index is 11.8. The van der Waals surface area contributed by atoms with Gasteiger partial charge in [-0.3, -0.25) is 4.79 Å². The molecular weight excluding hydrogens is 258 g/mol. The molecule has 0 bridgehead atoms. The minimum absolute atomic E-state index is 0.142. The van der Waals surface area contributed by atoms with Gasteiger partial charge in [0.1, 0.15) is 6.04 Å². The smallest absolute Gasteiger partial charge is 0.326 e. The second-order valence-corrected chi connectivity index (χ2v) is 4.62. The van der Waals surface area contributed by atoms with Crippen LogP contribution in [-0.2, 0) is 9.53 Å². The van der Waals surface area contributed by atoms with Gasteiger partial charge in [0.2, 0.25) is 0 Å². The Labute approximate surface area is 107 Å². The molecule has 8 heteroatoms. The number of carbonyl (C=O) groups is 2. The molecule has 1 aromatic rings. The lowest BCUT2D eigenvalue weighted by Crippen LogP contribution is -2.48. The highest BCUT2D eigenvalue weighted by atomic mass is 32.1. The number of carboxylic acids is 1. The molecule has 2 heterocycles. The molecule has 1 fully saturated rings. The predicted octanol–water partition coefficient (Wildman–Crippen LogP) is 0.148. The van der Waals surface area contributed by atoms with E-state index in [2.05, 4.69) is 14.1 Å². The van der Waals surface area contributed by atoms with Gasteiger partial charge in [-0.1, -0.05) is 0 Å². The average Bonchev–Trinajstić information content (AvgIpc) is 2.90. The lowest BCUT2D eigenvalue weighted by atomic mass is 9.93. The number of carboxylic acid groups (broad SMARTS) is 1. The summed E-state index contributed by atoms with van der Waals surface area (Å²) in [6.07, 6.45) is 2.85. The van der Waals surface area contributed by atoms with Gasteiger partial charge in [0, 0.05) is 12.5 Å². The maximum Gasteiger partial charge on any atom is 0.326 e. The number of nitrogens with one attached hydrogen (secondary N) is 1. The fourth-order valence-corrected chi connectivity index (χ4v) is 2.30. The molecule has 1 saturated heterocycles. The fraction of sp³-hybridized carbons (Fsp3) is 0.600. The molecule has 2 unspecified atom stereocenters. The Bertz CT molecular complexity index is 417. The monoisotopic (exact) mass is 271 g/mol. The summed E-state index contributed by atoms with van der Waals surface area (Å²) >= 11 is 0.906. The van der Waals surface area contributed by atoms with E-state index in [4.69, 9.17) is 9.84 Å². The van der Waals surface area contributed by atoms with Crippen LogP contribution >= 0.6 is 11.7 Å². The SMILES string of the molecule is O=C(NC(C(=O)O)C1CCCOC1)c1cnsn1. The topological polar surface area (TPSA) is 101 Å². The highest BCUT2D eigenvalue weighted by Gasteiger charge is 2.31. The van der Waals surface area contributed by atoms with E-state index in [1.165, 1.54) is 6.20 Å². The molecule has 1 amide bonds. The molecule has 18 heavy (non-hydrogen) atoms. The van der Waals surface area contributed by atoms with Gasteiger partial charge in [0.05, 0.1) is 24.5 Å². The van der Waals surface area contributed by atoms with E-state index in [-0.39, 0.29) is 11.6 Å². The average molecular weight is 271 g/mol. The molecule has 1 aliphatic heterocycles. The van der Waals surface area contributed by atoms with Crippen molar-refractivity contribution in [3.8, 4) is 0 Å². The van der Waals surface area contributed by atoms with Crippen LogP contribution in [0.1, 0.15) is 23.3 Å². The first kappa shape index (κ1) is 12.9. The first-order chi connectivity index (χ1) is 8.68. The van der Waals surface area contributed by atoms with Crippen LogP contribution in [0.4, 0.5) is 0 Å². The van der Waals surface area contributed by atoms with Crippen molar-refractivity contribution < 1.29 is 19.4 Å². The van der Waals surface area contributed by atoms with Crippen molar-refractivity contribution in [3.05, 3.63) is 11.9 Å². The van der Waals surface area contributed by atoms with Crippen LogP contribution in [0, 0.1) is 5.92 Å². The molecule has 2 atom stereocenters. The Morgan fingerprint density at radius 2 is 2.44 bits per heavy atom. The molecule has 98 valence electrons. The third kappa shape index (κ3) is 3.02. The van der Waals surface area contributed by atoms with Crippen molar-refractivity contribution in [2.75, 3.05) is 13.2 Å². The Kier molecular flexibility index (Phi) is 4.21. The van der Waals surface area contributed by atoms with Crippen LogP contribution < -0.4 is 5.32 Å². The lowest BCUT2D eigenvalue weighted by molar-refractivity contribution is -0.142. The minimum atomic E-state index is -1.05. The van der Waals surface area contributed by atoms with Gasteiger partial charge < -0.3 is 15.2 Å². The first-order valence-electron chi connectivity index (χ1n) is 5.57. The molecule has 2 rings (SSSR count). The molecule has 1 aromatic heterocycles. The van der Waals surface area contributed by atoms with Crippen LogP contribution in [0.25, 0.3) is 0 Å². The zero-order valence-corrected chi connectivity index (χ0v) is 10.4.